The van der Waals surface area contributed by atoms with Crippen LogP contribution < -0.4 is 9.64 Å². The molecule has 2 rings (SSSR count). The number of halogens is 6. The molecule has 0 aliphatic rings. The Morgan fingerprint density at radius 3 is 2.33 bits per heavy atom. The van der Waals surface area contributed by atoms with Gasteiger partial charge in [0, 0.05) is 20.3 Å². The van der Waals surface area contributed by atoms with Gasteiger partial charge < -0.3 is 9.64 Å². The fourth-order valence-corrected chi connectivity index (χ4v) is 2.43. The number of rotatable bonds is 3. The molecule has 2 aromatic rings. The molecule has 0 aliphatic carbocycles. The second-order valence-corrected chi connectivity index (χ2v) is 5.91. The van der Waals surface area contributed by atoms with E-state index in [1.165, 1.54) is 32.0 Å². The predicted molar refractivity (Wildman–Crippen MR) is 82.4 cm³/mol. The van der Waals surface area contributed by atoms with Crippen LogP contribution >= 0.6 is 15.9 Å². The zero-order valence-electron chi connectivity index (χ0n) is 12.8. The molecule has 0 unspecified atom stereocenters. The average molecular weight is 411 g/mol. The highest BCUT2D eigenvalue weighted by molar-refractivity contribution is 9.10. The minimum atomic E-state index is -4.56. The summed E-state index contributed by atoms with van der Waals surface area (Å²) in [6, 6.07) is 2.04. The lowest BCUT2D eigenvalue weighted by Crippen LogP contribution is -2.13. The summed E-state index contributed by atoms with van der Waals surface area (Å²) in [5, 5.41) is 0. The average Bonchev–Trinajstić information content (AvgIpc) is 2.46. The first-order chi connectivity index (χ1) is 11.0. The van der Waals surface area contributed by atoms with Crippen molar-refractivity contribution in [2.24, 2.45) is 0 Å². The van der Waals surface area contributed by atoms with E-state index < -0.39 is 23.4 Å². The number of alkyl halides is 3. The van der Waals surface area contributed by atoms with Crippen LogP contribution in [-0.4, -0.2) is 19.1 Å². The van der Waals surface area contributed by atoms with Gasteiger partial charge in [-0.25, -0.2) is 13.8 Å². The quantitative estimate of drug-likeness (QED) is 0.641. The third-order valence-electron chi connectivity index (χ3n) is 3.22. The molecule has 3 nitrogen and oxygen atoms in total. The van der Waals surface area contributed by atoms with Crippen molar-refractivity contribution >= 4 is 21.6 Å². The Hall–Kier alpha value is -1.90. The zero-order valence-corrected chi connectivity index (χ0v) is 14.4. The highest BCUT2D eigenvalue weighted by Crippen LogP contribution is 2.40. The first-order valence-corrected chi connectivity index (χ1v) is 7.38. The lowest BCUT2D eigenvalue weighted by molar-refractivity contribution is -0.138. The molecule has 130 valence electrons. The number of aromatic nitrogens is 1. The van der Waals surface area contributed by atoms with Crippen LogP contribution in [-0.2, 0) is 6.18 Å². The number of nitrogens with zero attached hydrogens (tertiary/aromatic N) is 2. The van der Waals surface area contributed by atoms with Gasteiger partial charge in [0.25, 0.3) is 0 Å². The van der Waals surface area contributed by atoms with Gasteiger partial charge in [-0.05, 0) is 40.5 Å². The van der Waals surface area contributed by atoms with Crippen LogP contribution in [0.15, 0.2) is 22.8 Å². The number of hydrogen-bond acceptors (Lipinski definition) is 3. The number of benzene rings is 1. The van der Waals surface area contributed by atoms with Crippen molar-refractivity contribution in [2.45, 2.75) is 13.1 Å². The van der Waals surface area contributed by atoms with E-state index in [1.807, 2.05) is 0 Å². The normalized spacial score (nSPS) is 11.5. The van der Waals surface area contributed by atoms with E-state index in [4.69, 9.17) is 4.74 Å². The predicted octanol–water partition coefficient (Wildman–Crippen LogP) is 5.31. The van der Waals surface area contributed by atoms with Gasteiger partial charge in [0.2, 0.25) is 5.88 Å². The van der Waals surface area contributed by atoms with E-state index in [-0.39, 0.29) is 27.4 Å². The van der Waals surface area contributed by atoms with Crippen LogP contribution in [0.4, 0.5) is 27.6 Å². The SMILES string of the molecule is Cc1c(C(F)(F)F)cnc(Oc2ccc(F)c(F)c2N(C)C)c1Br. The van der Waals surface area contributed by atoms with Crippen molar-refractivity contribution in [3.8, 4) is 11.6 Å². The molecule has 0 bridgehead atoms. The monoisotopic (exact) mass is 410 g/mol. The van der Waals surface area contributed by atoms with E-state index in [0.29, 0.717) is 6.20 Å². The number of pyridine rings is 1. The molecular weight excluding hydrogens is 399 g/mol. The number of anilines is 1. The molecule has 0 radical (unpaired) electrons. The fourth-order valence-electron chi connectivity index (χ4n) is 2.04. The summed E-state index contributed by atoms with van der Waals surface area (Å²) < 4.78 is 71.3. The number of ether oxygens (including phenoxy) is 1. The largest absolute Gasteiger partial charge is 0.436 e. The van der Waals surface area contributed by atoms with Gasteiger partial charge in [0.1, 0.15) is 5.69 Å². The van der Waals surface area contributed by atoms with Crippen LogP contribution in [0, 0.1) is 18.6 Å². The summed E-state index contributed by atoms with van der Waals surface area (Å²) in [5.74, 6) is -2.46. The highest BCUT2D eigenvalue weighted by Gasteiger charge is 2.34. The Labute approximate surface area is 143 Å². The summed E-state index contributed by atoms with van der Waals surface area (Å²) in [4.78, 5) is 4.92. The Bertz CT molecular complexity index is 777. The van der Waals surface area contributed by atoms with Crippen molar-refractivity contribution in [2.75, 3.05) is 19.0 Å². The molecule has 0 amide bonds. The molecule has 0 saturated heterocycles. The molecule has 1 aromatic carbocycles. The molecule has 1 aromatic heterocycles. The van der Waals surface area contributed by atoms with Crippen molar-refractivity contribution in [1.29, 1.82) is 0 Å². The van der Waals surface area contributed by atoms with Gasteiger partial charge in [-0.2, -0.15) is 13.2 Å². The van der Waals surface area contributed by atoms with Gasteiger partial charge in [-0.3, -0.25) is 0 Å². The van der Waals surface area contributed by atoms with Crippen LogP contribution in [0.25, 0.3) is 0 Å². The second kappa shape index (κ2) is 6.54. The Morgan fingerprint density at radius 1 is 1.17 bits per heavy atom. The number of hydrogen-bond donors (Lipinski definition) is 0. The van der Waals surface area contributed by atoms with Gasteiger partial charge in [-0.15, -0.1) is 0 Å². The third-order valence-corrected chi connectivity index (χ3v) is 4.16. The lowest BCUT2D eigenvalue weighted by atomic mass is 10.1. The van der Waals surface area contributed by atoms with E-state index in [9.17, 15) is 22.0 Å². The second-order valence-electron chi connectivity index (χ2n) is 5.12. The van der Waals surface area contributed by atoms with Gasteiger partial charge in [-0.1, -0.05) is 0 Å². The Morgan fingerprint density at radius 2 is 1.79 bits per heavy atom. The molecule has 0 fully saturated rings. The summed E-state index contributed by atoms with van der Waals surface area (Å²) in [7, 11) is 2.95. The summed E-state index contributed by atoms with van der Waals surface area (Å²) >= 11 is 3.01. The van der Waals surface area contributed by atoms with Crippen LogP contribution in [0.1, 0.15) is 11.1 Å². The van der Waals surface area contributed by atoms with Crippen molar-refractivity contribution in [3.05, 3.63) is 45.6 Å². The van der Waals surface area contributed by atoms with Crippen molar-refractivity contribution in [3.63, 3.8) is 0 Å². The fraction of sp³-hybridized carbons (Fsp3) is 0.267. The molecule has 1 heterocycles. The summed E-state index contributed by atoms with van der Waals surface area (Å²) in [6.45, 7) is 1.25. The van der Waals surface area contributed by atoms with Crippen LogP contribution in [0.2, 0.25) is 0 Å². The van der Waals surface area contributed by atoms with Gasteiger partial charge in [0.05, 0.1) is 10.0 Å². The molecule has 0 spiro atoms. The van der Waals surface area contributed by atoms with E-state index in [0.717, 1.165) is 6.07 Å². The van der Waals surface area contributed by atoms with Crippen molar-refractivity contribution in [1.82, 2.24) is 4.98 Å². The smallest absolute Gasteiger partial charge is 0.418 e. The highest BCUT2D eigenvalue weighted by atomic mass is 79.9. The van der Waals surface area contributed by atoms with Gasteiger partial charge in [0.15, 0.2) is 17.4 Å². The zero-order chi connectivity index (χ0) is 18.2. The molecular formula is C15H12BrF5N2O. The first kappa shape index (κ1) is 18.4. The van der Waals surface area contributed by atoms with Crippen molar-refractivity contribution < 1.29 is 26.7 Å². The van der Waals surface area contributed by atoms with E-state index in [1.54, 1.807) is 0 Å². The topological polar surface area (TPSA) is 25.4 Å². The molecule has 0 N–H and O–H groups in total. The third kappa shape index (κ3) is 3.45. The first-order valence-electron chi connectivity index (χ1n) is 6.59. The maximum atomic E-state index is 13.9. The van der Waals surface area contributed by atoms with Crippen LogP contribution in [0.5, 0.6) is 11.6 Å². The van der Waals surface area contributed by atoms with Gasteiger partial charge >= 0.3 is 6.18 Å². The van der Waals surface area contributed by atoms with E-state index >= 15 is 0 Å². The van der Waals surface area contributed by atoms with Crippen LogP contribution in [0.3, 0.4) is 0 Å². The lowest BCUT2D eigenvalue weighted by Gasteiger charge is -2.19. The maximum absolute atomic E-state index is 13.9. The Balaban J connectivity index is 2.51. The molecule has 0 saturated carbocycles. The Kier molecular flexibility index (Phi) is 5.03. The molecule has 9 heteroatoms. The standard InChI is InChI=1S/C15H12BrF5N2O/c1-7-8(15(19,20)21)6-22-14(11(7)16)24-10-5-4-9(17)12(18)13(10)23(2)3/h4-6H,1-3H3. The molecule has 24 heavy (non-hydrogen) atoms. The minimum Gasteiger partial charge on any atom is -0.436 e. The summed E-state index contributed by atoms with van der Waals surface area (Å²) in [5.41, 5.74) is -1.22. The molecule has 0 aliphatic heterocycles. The molecule has 0 atom stereocenters. The maximum Gasteiger partial charge on any atom is 0.418 e. The van der Waals surface area contributed by atoms with E-state index in [2.05, 4.69) is 20.9 Å². The summed E-state index contributed by atoms with van der Waals surface area (Å²) in [6.07, 6.45) is -3.93. The minimum absolute atomic E-state index is 0.0215.